The van der Waals surface area contributed by atoms with Crippen LogP contribution >= 0.6 is 23.7 Å². The molecule has 4 nitrogen and oxygen atoms in total. The third kappa shape index (κ3) is 3.60. The van der Waals surface area contributed by atoms with Gasteiger partial charge in [-0.15, -0.1) is 23.7 Å². The number of nitrogens with one attached hydrogen (secondary N) is 2. The quantitative estimate of drug-likeness (QED) is 0.880. The number of methoxy groups -OCH3 is 1. The maximum atomic E-state index is 12.3. The highest BCUT2D eigenvalue weighted by atomic mass is 35.5. The minimum absolute atomic E-state index is 0. The first kappa shape index (κ1) is 17.2. The summed E-state index contributed by atoms with van der Waals surface area (Å²) in [5.41, 5.74) is -0.110. The molecule has 22 heavy (non-hydrogen) atoms. The van der Waals surface area contributed by atoms with Crippen LogP contribution in [-0.4, -0.2) is 38.3 Å². The summed E-state index contributed by atoms with van der Waals surface area (Å²) in [7, 11) is 1.70. The average molecular weight is 341 g/mol. The highest BCUT2D eigenvalue weighted by Gasteiger charge is 2.33. The van der Waals surface area contributed by atoms with E-state index in [9.17, 15) is 4.79 Å². The standard InChI is InChI=1S/C16H20N2O2S.ClH/c1-20-11-16(7-4-8-18-16)10-17-15(19)14-9-12-5-2-3-6-13(12)21-14;/h2-3,5-6,9,18H,4,7-8,10-11H2,1H3,(H,17,19);1H. The Morgan fingerprint density at radius 2 is 2.27 bits per heavy atom. The Balaban J connectivity index is 0.00000176. The predicted molar refractivity (Wildman–Crippen MR) is 93.2 cm³/mol. The summed E-state index contributed by atoms with van der Waals surface area (Å²) in [4.78, 5) is 13.1. The molecule has 120 valence electrons. The Hall–Kier alpha value is -1.14. The van der Waals surface area contributed by atoms with E-state index in [0.29, 0.717) is 13.2 Å². The fraction of sp³-hybridized carbons (Fsp3) is 0.438. The predicted octanol–water partition coefficient (Wildman–Crippen LogP) is 2.82. The van der Waals surface area contributed by atoms with Crippen LogP contribution in [0, 0.1) is 0 Å². The number of ether oxygens (including phenoxy) is 1. The lowest BCUT2D eigenvalue weighted by Crippen LogP contribution is -2.52. The van der Waals surface area contributed by atoms with Crippen molar-refractivity contribution in [1.82, 2.24) is 10.6 Å². The molecule has 1 amide bonds. The molecular formula is C16H21ClN2O2S. The zero-order valence-corrected chi connectivity index (χ0v) is 14.2. The van der Waals surface area contributed by atoms with Gasteiger partial charge in [-0.3, -0.25) is 4.79 Å². The van der Waals surface area contributed by atoms with E-state index < -0.39 is 0 Å². The Labute approximate surface area is 140 Å². The molecule has 2 N–H and O–H groups in total. The zero-order chi connectivity index (χ0) is 14.7. The first-order chi connectivity index (χ1) is 10.2. The highest BCUT2D eigenvalue weighted by Crippen LogP contribution is 2.25. The molecule has 1 fully saturated rings. The number of hydrogen-bond donors (Lipinski definition) is 2. The summed E-state index contributed by atoms with van der Waals surface area (Å²) in [6.07, 6.45) is 2.16. The Bertz CT molecular complexity index is 605. The van der Waals surface area contributed by atoms with Crippen molar-refractivity contribution in [3.8, 4) is 0 Å². The fourth-order valence-corrected chi connectivity index (χ4v) is 3.88. The van der Waals surface area contributed by atoms with Crippen LogP contribution in [0.1, 0.15) is 22.5 Å². The van der Waals surface area contributed by atoms with E-state index in [0.717, 1.165) is 34.3 Å². The summed E-state index contributed by atoms with van der Waals surface area (Å²) in [6, 6.07) is 10.0. The molecule has 0 saturated carbocycles. The molecule has 1 aromatic carbocycles. The minimum atomic E-state index is -0.110. The molecule has 1 saturated heterocycles. The number of thiophene rings is 1. The first-order valence-electron chi connectivity index (χ1n) is 7.23. The number of halogens is 1. The van der Waals surface area contributed by atoms with Gasteiger partial charge in [-0.05, 0) is 36.9 Å². The Morgan fingerprint density at radius 1 is 1.45 bits per heavy atom. The third-order valence-corrected chi connectivity index (χ3v) is 5.10. The Kier molecular flexibility index (Phi) is 5.81. The lowest BCUT2D eigenvalue weighted by Gasteiger charge is -2.28. The van der Waals surface area contributed by atoms with Crippen LogP contribution in [0.5, 0.6) is 0 Å². The SMILES string of the molecule is COCC1(CNC(=O)c2cc3ccccc3s2)CCCN1.Cl. The van der Waals surface area contributed by atoms with E-state index >= 15 is 0 Å². The molecule has 1 unspecified atom stereocenters. The monoisotopic (exact) mass is 340 g/mol. The van der Waals surface area contributed by atoms with Gasteiger partial charge >= 0.3 is 0 Å². The zero-order valence-electron chi connectivity index (χ0n) is 12.6. The summed E-state index contributed by atoms with van der Waals surface area (Å²) in [6.45, 7) is 2.22. The van der Waals surface area contributed by atoms with Gasteiger partial charge in [0.1, 0.15) is 0 Å². The number of carbonyl (C=O) groups is 1. The molecule has 2 aromatic rings. The van der Waals surface area contributed by atoms with E-state index in [1.54, 1.807) is 7.11 Å². The van der Waals surface area contributed by atoms with Gasteiger partial charge < -0.3 is 15.4 Å². The van der Waals surface area contributed by atoms with Crippen molar-refractivity contribution >= 4 is 39.7 Å². The molecule has 2 heterocycles. The molecule has 1 aromatic heterocycles. The van der Waals surface area contributed by atoms with Gasteiger partial charge in [-0.25, -0.2) is 0 Å². The molecule has 0 spiro atoms. The molecule has 3 rings (SSSR count). The number of fused-ring (bicyclic) bond motifs is 1. The van der Waals surface area contributed by atoms with Crippen LogP contribution in [0.2, 0.25) is 0 Å². The van der Waals surface area contributed by atoms with Crippen molar-refractivity contribution in [2.24, 2.45) is 0 Å². The molecule has 1 aliphatic rings. The largest absolute Gasteiger partial charge is 0.383 e. The molecule has 0 aliphatic carbocycles. The first-order valence-corrected chi connectivity index (χ1v) is 8.05. The Morgan fingerprint density at radius 3 is 2.95 bits per heavy atom. The van der Waals surface area contributed by atoms with Crippen LogP contribution in [-0.2, 0) is 4.74 Å². The van der Waals surface area contributed by atoms with Gasteiger partial charge in [-0.2, -0.15) is 0 Å². The molecule has 0 bridgehead atoms. The van der Waals surface area contributed by atoms with Crippen LogP contribution in [0.25, 0.3) is 10.1 Å². The average Bonchev–Trinajstić information content (AvgIpc) is 3.12. The van der Waals surface area contributed by atoms with Gasteiger partial charge in [0, 0.05) is 18.4 Å². The fourth-order valence-electron chi connectivity index (χ4n) is 2.90. The van der Waals surface area contributed by atoms with Crippen molar-refractivity contribution in [1.29, 1.82) is 0 Å². The lowest BCUT2D eigenvalue weighted by atomic mass is 9.98. The molecule has 6 heteroatoms. The summed E-state index contributed by atoms with van der Waals surface area (Å²) < 4.78 is 6.45. The van der Waals surface area contributed by atoms with Crippen LogP contribution in [0.15, 0.2) is 30.3 Å². The summed E-state index contributed by atoms with van der Waals surface area (Å²) >= 11 is 1.54. The van der Waals surface area contributed by atoms with Gasteiger partial charge in [0.15, 0.2) is 0 Å². The van der Waals surface area contributed by atoms with Gasteiger partial charge in [-0.1, -0.05) is 18.2 Å². The topological polar surface area (TPSA) is 50.4 Å². The van der Waals surface area contributed by atoms with Crippen molar-refractivity contribution in [2.45, 2.75) is 18.4 Å². The third-order valence-electron chi connectivity index (χ3n) is 3.99. The second-order valence-electron chi connectivity index (χ2n) is 5.57. The van der Waals surface area contributed by atoms with Crippen molar-refractivity contribution in [3.63, 3.8) is 0 Å². The number of carbonyl (C=O) groups excluding carboxylic acids is 1. The van der Waals surface area contributed by atoms with Gasteiger partial charge in [0.05, 0.1) is 17.0 Å². The number of rotatable bonds is 5. The number of hydrogen-bond acceptors (Lipinski definition) is 4. The second-order valence-corrected chi connectivity index (χ2v) is 6.66. The second kappa shape index (κ2) is 7.42. The smallest absolute Gasteiger partial charge is 0.261 e. The van der Waals surface area contributed by atoms with E-state index in [2.05, 4.69) is 10.6 Å². The van der Waals surface area contributed by atoms with Crippen molar-refractivity contribution < 1.29 is 9.53 Å². The van der Waals surface area contributed by atoms with E-state index in [-0.39, 0.29) is 23.9 Å². The van der Waals surface area contributed by atoms with Crippen LogP contribution in [0.4, 0.5) is 0 Å². The van der Waals surface area contributed by atoms with Crippen molar-refractivity contribution in [2.75, 3.05) is 26.8 Å². The highest BCUT2D eigenvalue weighted by molar-refractivity contribution is 7.20. The van der Waals surface area contributed by atoms with Crippen LogP contribution < -0.4 is 10.6 Å². The van der Waals surface area contributed by atoms with E-state index in [1.807, 2.05) is 30.3 Å². The molecule has 0 radical (unpaired) electrons. The molecular weight excluding hydrogens is 320 g/mol. The van der Waals surface area contributed by atoms with E-state index in [4.69, 9.17) is 4.74 Å². The van der Waals surface area contributed by atoms with Crippen molar-refractivity contribution in [3.05, 3.63) is 35.2 Å². The maximum absolute atomic E-state index is 12.3. The minimum Gasteiger partial charge on any atom is -0.383 e. The number of benzene rings is 1. The summed E-state index contributed by atoms with van der Waals surface area (Å²) in [5, 5.41) is 7.65. The van der Waals surface area contributed by atoms with Crippen LogP contribution in [0.3, 0.4) is 0 Å². The molecule has 1 atom stereocenters. The molecule has 1 aliphatic heterocycles. The van der Waals surface area contributed by atoms with E-state index in [1.165, 1.54) is 11.3 Å². The lowest BCUT2D eigenvalue weighted by molar-refractivity contribution is 0.0896. The van der Waals surface area contributed by atoms with Gasteiger partial charge in [0.25, 0.3) is 5.91 Å². The maximum Gasteiger partial charge on any atom is 0.261 e. The van der Waals surface area contributed by atoms with Gasteiger partial charge in [0.2, 0.25) is 0 Å². The normalized spacial score (nSPS) is 20.8. The summed E-state index contributed by atoms with van der Waals surface area (Å²) in [5.74, 6) is 0.000350. The number of amides is 1.